The van der Waals surface area contributed by atoms with Gasteiger partial charge in [0.2, 0.25) is 0 Å². The molecule has 5 heavy (non-hydrogen) atoms. The standard InChI is InChI=1S/CH7BSi.Al.GeH4.3H/c1-3-2;;;;;/h2-3H2,1H3;;1H4;;;. The Bertz CT molecular complexity index is 11.6. The van der Waals surface area contributed by atoms with E-state index < -0.39 is 0 Å². The van der Waals surface area contributed by atoms with Crippen molar-refractivity contribution in [3.8, 4) is 0 Å². The summed E-state index contributed by atoms with van der Waals surface area (Å²) in [5.74, 6) is 0. The molecular weight excluding hydrogens is 151 g/mol. The van der Waals surface area contributed by atoms with E-state index >= 15 is 0 Å². The van der Waals surface area contributed by atoms with Crippen molar-refractivity contribution in [2.75, 3.05) is 0 Å². The maximum absolute atomic E-state index is 2.26. The van der Waals surface area contributed by atoms with Crippen LogP contribution in [0.1, 0.15) is 0 Å². The molecule has 0 aromatic carbocycles. The minimum atomic E-state index is 0. The van der Waals surface area contributed by atoms with Crippen molar-refractivity contribution in [2.45, 2.75) is 6.55 Å². The van der Waals surface area contributed by atoms with Gasteiger partial charge in [-0.3, -0.25) is 0 Å². The molecule has 0 bridgehead atoms. The molecule has 0 N–H and O–H groups in total. The molecule has 0 atom stereocenters. The Balaban J connectivity index is -0.0000000200. The molecule has 0 aromatic heterocycles. The fraction of sp³-hybridized carbons (Fsp3) is 1.00. The fourth-order valence-electron chi connectivity index (χ4n) is 0. The summed E-state index contributed by atoms with van der Waals surface area (Å²) in [4.78, 5) is 0. The first-order chi connectivity index (χ1) is 1.41. The first kappa shape index (κ1) is 16.2. The van der Waals surface area contributed by atoms with Crippen LogP contribution in [-0.4, -0.2) is 51.8 Å². The molecule has 0 heterocycles. The van der Waals surface area contributed by atoms with Gasteiger partial charge < -0.3 is 0 Å². The van der Waals surface area contributed by atoms with E-state index in [2.05, 4.69) is 14.0 Å². The van der Waals surface area contributed by atoms with E-state index in [0.717, 1.165) is 0 Å². The number of hydrogen-bond donors (Lipinski definition) is 0. The molecule has 0 aromatic rings. The molecular formula is CH14AlBGeSi. The minimum absolute atomic E-state index is 0. The zero-order valence-corrected chi connectivity index (χ0v) is 4.12. The summed E-state index contributed by atoms with van der Waals surface area (Å²) in [5, 5.41) is 0. The summed E-state index contributed by atoms with van der Waals surface area (Å²) in [6.07, 6.45) is 0. The molecule has 0 aliphatic rings. The predicted octanol–water partition coefficient (Wildman–Crippen LogP) is -3.88. The third kappa shape index (κ3) is 32.8. The third-order valence-electron chi connectivity index (χ3n) is 0. The van der Waals surface area contributed by atoms with E-state index in [9.17, 15) is 0 Å². The molecule has 0 amide bonds. The van der Waals surface area contributed by atoms with Gasteiger partial charge in [-0.05, 0) is 9.39 Å². The Labute approximate surface area is 58.4 Å². The van der Waals surface area contributed by atoms with Gasteiger partial charge in [0.05, 0.1) is 7.44 Å². The predicted molar refractivity (Wildman–Crippen MR) is 44.2 cm³/mol. The normalized spacial score (nSPS) is 5.80. The summed E-state index contributed by atoms with van der Waals surface area (Å²) in [6.45, 7) is 2.26. The maximum atomic E-state index is 2.26. The van der Waals surface area contributed by atoms with Crippen molar-refractivity contribution in [1.29, 1.82) is 0 Å². The molecule has 32 valence electrons. The molecule has 0 spiro atoms. The van der Waals surface area contributed by atoms with E-state index in [-0.39, 0.29) is 35.0 Å². The Morgan fingerprint density at radius 1 is 1.60 bits per heavy atom. The first-order valence-corrected chi connectivity index (χ1v) is 4.24. The fourth-order valence-corrected chi connectivity index (χ4v) is 0. The second kappa shape index (κ2) is 18.3. The van der Waals surface area contributed by atoms with Crippen LogP contribution in [0.2, 0.25) is 6.55 Å². The van der Waals surface area contributed by atoms with Gasteiger partial charge in [0, 0.05) is 0 Å². The van der Waals surface area contributed by atoms with E-state index in [0.29, 0.717) is 9.39 Å². The molecule has 0 nitrogen and oxygen atoms in total. The van der Waals surface area contributed by atoms with Crippen LogP contribution in [0, 0.1) is 0 Å². The van der Waals surface area contributed by atoms with Crippen LogP contribution in [0.4, 0.5) is 0 Å². The monoisotopic (exact) mass is 166 g/mol. The van der Waals surface area contributed by atoms with Crippen molar-refractivity contribution in [3.05, 3.63) is 0 Å². The van der Waals surface area contributed by atoms with Gasteiger partial charge in [-0.25, -0.2) is 0 Å². The van der Waals surface area contributed by atoms with Crippen LogP contribution < -0.4 is 0 Å². The molecule has 0 radical (unpaired) electrons. The van der Waals surface area contributed by atoms with Gasteiger partial charge in [0.1, 0.15) is 0 Å². The summed E-state index contributed by atoms with van der Waals surface area (Å²) in [5.41, 5.74) is 0. The molecule has 4 heteroatoms. The van der Waals surface area contributed by atoms with Crippen molar-refractivity contribution in [3.63, 3.8) is 0 Å². The van der Waals surface area contributed by atoms with Gasteiger partial charge in [-0.1, -0.05) is 6.55 Å². The van der Waals surface area contributed by atoms with Crippen molar-refractivity contribution in [1.82, 2.24) is 0 Å². The molecule has 0 saturated carbocycles. The van der Waals surface area contributed by atoms with Gasteiger partial charge in [-0.15, -0.1) is 0 Å². The van der Waals surface area contributed by atoms with Crippen LogP contribution >= 0.6 is 0 Å². The van der Waals surface area contributed by atoms with Crippen molar-refractivity contribution in [2.24, 2.45) is 0 Å². The van der Waals surface area contributed by atoms with E-state index in [1.165, 1.54) is 0 Å². The third-order valence-corrected chi connectivity index (χ3v) is 0. The quantitative estimate of drug-likeness (QED) is 0.322. The van der Waals surface area contributed by atoms with Crippen LogP contribution in [-0.2, 0) is 0 Å². The topological polar surface area (TPSA) is 0 Å². The van der Waals surface area contributed by atoms with Crippen molar-refractivity contribution < 1.29 is 0 Å². The molecule has 0 fully saturated rings. The van der Waals surface area contributed by atoms with Crippen LogP contribution in [0.15, 0.2) is 0 Å². The summed E-state index contributed by atoms with van der Waals surface area (Å²) in [6, 6.07) is 0. The molecule has 0 saturated heterocycles. The molecule has 0 aliphatic carbocycles. The Kier molecular flexibility index (Phi) is 59.3. The summed E-state index contributed by atoms with van der Waals surface area (Å²) < 4.78 is 0. The van der Waals surface area contributed by atoms with Gasteiger partial charge in [0.15, 0.2) is 17.4 Å². The number of hydrogen-bond acceptors (Lipinski definition) is 0. The first-order valence-electron chi connectivity index (χ1n) is 1.41. The zero-order chi connectivity index (χ0) is 2.71. The van der Waals surface area contributed by atoms with Crippen LogP contribution in [0.25, 0.3) is 0 Å². The van der Waals surface area contributed by atoms with E-state index in [1.54, 1.807) is 0 Å². The van der Waals surface area contributed by atoms with Crippen LogP contribution in [0.3, 0.4) is 0 Å². The van der Waals surface area contributed by atoms with Gasteiger partial charge >= 0.3 is 17.6 Å². The second-order valence-corrected chi connectivity index (χ2v) is 2.12. The van der Waals surface area contributed by atoms with E-state index in [1.807, 2.05) is 0 Å². The second-order valence-electron chi connectivity index (χ2n) is 0.707. The van der Waals surface area contributed by atoms with Crippen LogP contribution in [0.5, 0.6) is 0 Å². The number of rotatable bonds is 0. The SMILES string of the molecule is B[SiH2]C.[AlH3].[GeH4]. The van der Waals surface area contributed by atoms with Gasteiger partial charge in [-0.2, -0.15) is 0 Å². The Morgan fingerprint density at radius 3 is 1.60 bits per heavy atom. The summed E-state index contributed by atoms with van der Waals surface area (Å²) in [7, 11) is 2.68. The van der Waals surface area contributed by atoms with Gasteiger partial charge in [0.25, 0.3) is 0 Å². The molecule has 0 rings (SSSR count). The molecule has 0 unspecified atom stereocenters. The molecule has 0 aliphatic heterocycles. The Hall–Kier alpha value is 1.36. The zero-order valence-electron chi connectivity index (χ0n) is 2.71. The average molecular weight is 165 g/mol. The van der Waals surface area contributed by atoms with Crippen molar-refractivity contribution >= 4 is 51.8 Å². The summed E-state index contributed by atoms with van der Waals surface area (Å²) >= 11 is 0. The average Bonchev–Trinajstić information content (AvgIpc) is 0.918. The van der Waals surface area contributed by atoms with E-state index in [4.69, 9.17) is 0 Å². The Morgan fingerprint density at radius 2 is 1.60 bits per heavy atom.